The number of hydrogen-bond acceptors (Lipinski definition) is 4. The van der Waals surface area contributed by atoms with Crippen molar-refractivity contribution in [3.8, 4) is 5.75 Å². The van der Waals surface area contributed by atoms with Crippen molar-refractivity contribution in [2.75, 3.05) is 20.1 Å². The molecule has 0 atom stereocenters. The summed E-state index contributed by atoms with van der Waals surface area (Å²) in [7, 11) is -1.96. The average molecular weight is 403 g/mol. The van der Waals surface area contributed by atoms with Gasteiger partial charge in [0.15, 0.2) is 5.96 Å². The second kappa shape index (κ2) is 9.07. The Hall–Kier alpha value is -2.58. The topological polar surface area (TPSA) is 97.0 Å². The Kier molecular flexibility index (Phi) is 6.53. The largest absolute Gasteiger partial charge is 0.490 e. The third-order valence-electron chi connectivity index (χ3n) is 4.68. The number of para-hydroxylation sites is 1. The third kappa shape index (κ3) is 5.46. The lowest BCUT2D eigenvalue weighted by Crippen LogP contribution is -2.47. The monoisotopic (exact) mass is 402 g/mol. The molecule has 1 saturated heterocycles. The minimum atomic E-state index is -3.70. The lowest BCUT2D eigenvalue weighted by Gasteiger charge is -2.34. The second-order valence-electron chi connectivity index (χ2n) is 6.71. The van der Waals surface area contributed by atoms with Gasteiger partial charge in [0.05, 0.1) is 4.90 Å². The maximum absolute atomic E-state index is 11.5. The molecule has 0 bridgehead atoms. The summed E-state index contributed by atoms with van der Waals surface area (Å²) >= 11 is 0. The zero-order valence-electron chi connectivity index (χ0n) is 15.9. The van der Waals surface area contributed by atoms with E-state index in [4.69, 9.17) is 9.88 Å². The van der Waals surface area contributed by atoms with Gasteiger partial charge in [0.2, 0.25) is 10.0 Å². The maximum Gasteiger partial charge on any atom is 0.238 e. The summed E-state index contributed by atoms with van der Waals surface area (Å²) in [4.78, 5) is 6.66. The van der Waals surface area contributed by atoms with Gasteiger partial charge in [-0.15, -0.1) is 0 Å². The Morgan fingerprint density at radius 3 is 2.54 bits per heavy atom. The van der Waals surface area contributed by atoms with Crippen LogP contribution in [0.4, 0.5) is 0 Å². The number of piperidine rings is 1. The van der Waals surface area contributed by atoms with Crippen LogP contribution in [0.2, 0.25) is 0 Å². The van der Waals surface area contributed by atoms with Crippen molar-refractivity contribution in [1.82, 2.24) is 10.2 Å². The summed E-state index contributed by atoms with van der Waals surface area (Å²) in [6, 6.07) is 16.5. The Balaban J connectivity index is 1.53. The minimum Gasteiger partial charge on any atom is -0.490 e. The van der Waals surface area contributed by atoms with Gasteiger partial charge >= 0.3 is 0 Å². The molecule has 28 heavy (non-hydrogen) atoms. The van der Waals surface area contributed by atoms with Crippen LogP contribution in [0.15, 0.2) is 64.5 Å². The quantitative estimate of drug-likeness (QED) is 0.589. The molecule has 0 unspecified atom stereocenters. The number of nitrogens with zero attached hydrogens (tertiary/aromatic N) is 2. The van der Waals surface area contributed by atoms with E-state index < -0.39 is 10.0 Å². The fraction of sp³-hybridized carbons (Fsp3) is 0.350. The number of ether oxygens (including phenoxy) is 1. The lowest BCUT2D eigenvalue weighted by molar-refractivity contribution is 0.129. The summed E-state index contributed by atoms with van der Waals surface area (Å²) in [6.07, 6.45) is 2.02. The Morgan fingerprint density at radius 2 is 1.89 bits per heavy atom. The Bertz CT molecular complexity index is 908. The van der Waals surface area contributed by atoms with Gasteiger partial charge in [-0.25, -0.2) is 13.6 Å². The molecule has 7 nitrogen and oxygen atoms in total. The Labute approximate surface area is 166 Å². The molecule has 8 heteroatoms. The number of rotatable bonds is 5. The van der Waals surface area contributed by atoms with E-state index in [1.807, 2.05) is 36.4 Å². The number of primary sulfonamides is 1. The summed E-state index contributed by atoms with van der Waals surface area (Å²) < 4.78 is 29.0. The normalized spacial score (nSPS) is 16.1. The second-order valence-corrected chi connectivity index (χ2v) is 8.27. The molecule has 1 aliphatic heterocycles. The highest BCUT2D eigenvalue weighted by Crippen LogP contribution is 2.19. The van der Waals surface area contributed by atoms with Crippen LogP contribution in [0, 0.1) is 0 Å². The molecule has 0 aliphatic carbocycles. The highest BCUT2D eigenvalue weighted by atomic mass is 32.2. The molecule has 1 aliphatic rings. The summed E-state index contributed by atoms with van der Waals surface area (Å²) in [6.45, 7) is 2.15. The molecule has 0 saturated carbocycles. The molecule has 1 fully saturated rings. The Morgan fingerprint density at radius 1 is 1.18 bits per heavy atom. The third-order valence-corrected chi connectivity index (χ3v) is 5.59. The van der Waals surface area contributed by atoms with Gasteiger partial charge in [0.1, 0.15) is 11.9 Å². The predicted molar refractivity (Wildman–Crippen MR) is 110 cm³/mol. The van der Waals surface area contributed by atoms with Crippen molar-refractivity contribution in [1.29, 1.82) is 0 Å². The molecule has 1 heterocycles. The fourth-order valence-electron chi connectivity index (χ4n) is 3.22. The van der Waals surface area contributed by atoms with Gasteiger partial charge in [0, 0.05) is 39.5 Å². The van der Waals surface area contributed by atoms with Crippen LogP contribution in [0.25, 0.3) is 0 Å². The SMILES string of the molecule is CN=C(NCc1cccc(S(N)(=O)=O)c1)N1CCC(Oc2ccccc2)CC1. The van der Waals surface area contributed by atoms with Gasteiger partial charge in [0.25, 0.3) is 0 Å². The van der Waals surface area contributed by atoms with Gasteiger partial charge in [-0.2, -0.15) is 0 Å². The minimum absolute atomic E-state index is 0.112. The highest BCUT2D eigenvalue weighted by molar-refractivity contribution is 7.89. The van der Waals surface area contributed by atoms with Crippen molar-refractivity contribution in [3.63, 3.8) is 0 Å². The van der Waals surface area contributed by atoms with Gasteiger partial charge in [-0.05, 0) is 29.8 Å². The maximum atomic E-state index is 11.5. The number of hydrogen-bond donors (Lipinski definition) is 2. The standard InChI is InChI=1S/C20H26N4O3S/c1-22-20(23-15-16-6-5-9-19(14-16)28(21,25)26)24-12-10-18(11-13-24)27-17-7-3-2-4-8-17/h2-9,14,18H,10-13,15H2,1H3,(H,22,23)(H2,21,25,26). The molecule has 0 spiro atoms. The molecule has 2 aromatic carbocycles. The number of guanidine groups is 1. The van der Waals surface area contributed by atoms with E-state index in [0.717, 1.165) is 43.2 Å². The van der Waals surface area contributed by atoms with Crippen molar-refractivity contribution in [3.05, 3.63) is 60.2 Å². The molecule has 2 aromatic rings. The van der Waals surface area contributed by atoms with Gasteiger partial charge < -0.3 is 15.0 Å². The predicted octanol–water partition coefficient (Wildman–Crippen LogP) is 1.95. The number of likely N-dealkylation sites (tertiary alicyclic amines) is 1. The van der Waals surface area contributed by atoms with Crippen LogP contribution in [0.5, 0.6) is 5.75 Å². The number of nitrogens with one attached hydrogen (secondary N) is 1. The van der Waals surface area contributed by atoms with E-state index >= 15 is 0 Å². The number of benzene rings is 2. The van der Waals surface area contributed by atoms with Crippen LogP contribution in [0.3, 0.4) is 0 Å². The number of nitrogens with two attached hydrogens (primary N) is 1. The highest BCUT2D eigenvalue weighted by Gasteiger charge is 2.22. The lowest BCUT2D eigenvalue weighted by atomic mass is 10.1. The summed E-state index contributed by atoms with van der Waals surface area (Å²) in [5, 5.41) is 8.50. The van der Waals surface area contributed by atoms with Crippen LogP contribution >= 0.6 is 0 Å². The molecule has 0 radical (unpaired) electrons. The van der Waals surface area contributed by atoms with E-state index in [-0.39, 0.29) is 11.0 Å². The van der Waals surface area contributed by atoms with Crippen molar-refractivity contribution < 1.29 is 13.2 Å². The molecular weight excluding hydrogens is 376 g/mol. The van der Waals surface area contributed by atoms with E-state index in [1.54, 1.807) is 19.2 Å². The van der Waals surface area contributed by atoms with E-state index in [1.165, 1.54) is 6.07 Å². The summed E-state index contributed by atoms with van der Waals surface area (Å²) in [5.74, 6) is 1.69. The molecule has 3 rings (SSSR count). The van der Waals surface area contributed by atoms with Crippen LogP contribution < -0.4 is 15.2 Å². The first-order chi connectivity index (χ1) is 13.5. The van der Waals surface area contributed by atoms with Crippen molar-refractivity contribution in [2.45, 2.75) is 30.4 Å². The zero-order chi connectivity index (χ0) is 20.0. The van der Waals surface area contributed by atoms with E-state index in [9.17, 15) is 8.42 Å². The summed E-state index contributed by atoms with van der Waals surface area (Å²) in [5.41, 5.74) is 0.829. The fourth-order valence-corrected chi connectivity index (χ4v) is 3.81. The average Bonchev–Trinajstić information content (AvgIpc) is 2.70. The smallest absolute Gasteiger partial charge is 0.238 e. The molecular formula is C20H26N4O3S. The number of aliphatic imine (C=N–C) groups is 1. The zero-order valence-corrected chi connectivity index (χ0v) is 16.7. The van der Waals surface area contributed by atoms with Crippen LogP contribution in [-0.4, -0.2) is 45.5 Å². The number of sulfonamides is 1. The van der Waals surface area contributed by atoms with E-state index in [0.29, 0.717) is 6.54 Å². The molecule has 0 amide bonds. The molecule has 3 N–H and O–H groups in total. The molecule has 0 aromatic heterocycles. The first kappa shape index (κ1) is 20.2. The first-order valence-electron chi connectivity index (χ1n) is 9.25. The van der Waals surface area contributed by atoms with Crippen molar-refractivity contribution >= 4 is 16.0 Å². The molecule has 150 valence electrons. The first-order valence-corrected chi connectivity index (χ1v) is 10.8. The van der Waals surface area contributed by atoms with E-state index in [2.05, 4.69) is 15.2 Å². The van der Waals surface area contributed by atoms with Crippen LogP contribution in [0.1, 0.15) is 18.4 Å². The van der Waals surface area contributed by atoms with Gasteiger partial charge in [-0.3, -0.25) is 4.99 Å². The van der Waals surface area contributed by atoms with Crippen LogP contribution in [-0.2, 0) is 16.6 Å². The van der Waals surface area contributed by atoms with Crippen molar-refractivity contribution in [2.24, 2.45) is 10.1 Å². The van der Waals surface area contributed by atoms with Gasteiger partial charge in [-0.1, -0.05) is 30.3 Å².